The number of hydrogen-bond donors (Lipinski definition) is 2. The zero-order valence-corrected chi connectivity index (χ0v) is 17.5. The van der Waals surface area contributed by atoms with Crippen LogP contribution in [0.4, 0.5) is 24.5 Å². The van der Waals surface area contributed by atoms with Gasteiger partial charge in [-0.3, -0.25) is 14.5 Å². The Balaban J connectivity index is 1.54. The second kappa shape index (κ2) is 8.51. The van der Waals surface area contributed by atoms with Gasteiger partial charge in [0.05, 0.1) is 27.7 Å². The van der Waals surface area contributed by atoms with Gasteiger partial charge in [0.15, 0.2) is 0 Å². The number of sulfonamides is 1. The van der Waals surface area contributed by atoms with Gasteiger partial charge in [0, 0.05) is 11.4 Å². The van der Waals surface area contributed by atoms with E-state index in [-0.39, 0.29) is 22.0 Å². The summed E-state index contributed by atoms with van der Waals surface area (Å²) in [4.78, 5) is 20.7. The Morgan fingerprint density at radius 1 is 0.848 bits per heavy atom. The third-order valence-electron chi connectivity index (χ3n) is 4.53. The van der Waals surface area contributed by atoms with Crippen LogP contribution in [-0.2, 0) is 16.2 Å². The van der Waals surface area contributed by atoms with Gasteiger partial charge >= 0.3 is 6.18 Å². The van der Waals surface area contributed by atoms with Crippen molar-refractivity contribution in [3.05, 3.63) is 90.3 Å². The molecule has 3 aromatic carbocycles. The van der Waals surface area contributed by atoms with Crippen molar-refractivity contribution in [1.82, 2.24) is 9.97 Å². The van der Waals surface area contributed by atoms with Gasteiger partial charge in [0.25, 0.3) is 15.9 Å². The standard InChI is InChI=1S/C22H15F3N4O3S/c23-22(24,25)14-5-3-7-16(11-14)29-33(31,32)17-8-4-6-15(12-17)27-21(30)20-13-26-18-9-1-2-10-19(18)28-20/h1-13,29H,(H,27,30). The van der Waals surface area contributed by atoms with Crippen LogP contribution in [-0.4, -0.2) is 24.3 Å². The van der Waals surface area contributed by atoms with Crippen LogP contribution in [0.5, 0.6) is 0 Å². The number of para-hydroxylation sites is 2. The number of halogens is 3. The third-order valence-corrected chi connectivity index (χ3v) is 5.90. The molecule has 4 aromatic rings. The van der Waals surface area contributed by atoms with Crippen LogP contribution in [0.2, 0.25) is 0 Å². The Hall–Kier alpha value is -3.99. The van der Waals surface area contributed by atoms with Crippen molar-refractivity contribution in [1.29, 1.82) is 0 Å². The summed E-state index contributed by atoms with van der Waals surface area (Å²) >= 11 is 0. The highest BCUT2D eigenvalue weighted by molar-refractivity contribution is 7.92. The predicted molar refractivity (Wildman–Crippen MR) is 116 cm³/mol. The summed E-state index contributed by atoms with van der Waals surface area (Å²) in [5.74, 6) is -0.603. The fraction of sp³-hybridized carbons (Fsp3) is 0.0455. The topological polar surface area (TPSA) is 101 Å². The molecule has 2 N–H and O–H groups in total. The molecule has 0 aliphatic heterocycles. The number of aromatic nitrogens is 2. The molecule has 0 aliphatic carbocycles. The monoisotopic (exact) mass is 472 g/mol. The largest absolute Gasteiger partial charge is 0.416 e. The van der Waals surface area contributed by atoms with Gasteiger partial charge < -0.3 is 5.32 Å². The molecule has 1 aromatic heterocycles. The van der Waals surface area contributed by atoms with Gasteiger partial charge in [-0.2, -0.15) is 13.2 Å². The number of anilines is 2. The Labute approximate surface area is 186 Å². The molecule has 4 rings (SSSR count). The molecule has 0 radical (unpaired) electrons. The predicted octanol–water partition coefficient (Wildman–Crippen LogP) is 4.70. The van der Waals surface area contributed by atoms with Crippen molar-refractivity contribution < 1.29 is 26.4 Å². The first-order chi connectivity index (χ1) is 15.6. The Morgan fingerprint density at radius 3 is 2.30 bits per heavy atom. The number of benzene rings is 3. The second-order valence-corrected chi connectivity index (χ2v) is 8.59. The first kappa shape index (κ1) is 22.2. The molecule has 0 aliphatic rings. The number of nitrogens with zero attached hydrogens (tertiary/aromatic N) is 2. The SMILES string of the molecule is O=C(Nc1cccc(S(=O)(=O)Nc2cccc(C(F)(F)F)c2)c1)c1cnc2ccccc2n1. The van der Waals surface area contributed by atoms with Gasteiger partial charge in [-0.1, -0.05) is 24.3 Å². The van der Waals surface area contributed by atoms with E-state index in [1.54, 1.807) is 24.3 Å². The molecule has 0 saturated heterocycles. The fourth-order valence-electron chi connectivity index (χ4n) is 2.98. The van der Waals surface area contributed by atoms with Crippen LogP contribution >= 0.6 is 0 Å². The summed E-state index contributed by atoms with van der Waals surface area (Å²) in [7, 11) is -4.22. The van der Waals surface area contributed by atoms with E-state index in [4.69, 9.17) is 0 Å². The number of fused-ring (bicyclic) bond motifs is 1. The van der Waals surface area contributed by atoms with Gasteiger partial charge in [-0.05, 0) is 48.5 Å². The molecule has 11 heteroatoms. The van der Waals surface area contributed by atoms with E-state index in [0.717, 1.165) is 12.1 Å². The minimum atomic E-state index is -4.61. The highest BCUT2D eigenvalue weighted by atomic mass is 32.2. The molecule has 0 atom stereocenters. The third kappa shape index (κ3) is 5.09. The van der Waals surface area contributed by atoms with E-state index in [9.17, 15) is 26.4 Å². The van der Waals surface area contributed by atoms with Crippen molar-refractivity contribution in [2.24, 2.45) is 0 Å². The normalized spacial score (nSPS) is 11.8. The summed E-state index contributed by atoms with van der Waals surface area (Å²) in [5, 5.41) is 2.55. The van der Waals surface area contributed by atoms with E-state index >= 15 is 0 Å². The highest BCUT2D eigenvalue weighted by Crippen LogP contribution is 2.31. The zero-order valence-electron chi connectivity index (χ0n) is 16.7. The quantitative estimate of drug-likeness (QED) is 0.439. The molecule has 1 heterocycles. The average molecular weight is 472 g/mol. The average Bonchev–Trinajstić information content (AvgIpc) is 2.78. The summed E-state index contributed by atoms with van der Waals surface area (Å²) in [6.45, 7) is 0. The minimum absolute atomic E-state index is 0.0315. The van der Waals surface area contributed by atoms with E-state index in [1.165, 1.54) is 36.5 Å². The number of carbonyl (C=O) groups is 1. The molecular formula is C22H15F3N4O3S. The Kier molecular flexibility index (Phi) is 5.73. The summed E-state index contributed by atoms with van der Waals surface area (Å²) < 4.78 is 66.2. The molecule has 7 nitrogen and oxygen atoms in total. The van der Waals surface area contributed by atoms with Crippen molar-refractivity contribution in [3.63, 3.8) is 0 Å². The first-order valence-corrected chi connectivity index (χ1v) is 10.9. The lowest BCUT2D eigenvalue weighted by molar-refractivity contribution is -0.137. The van der Waals surface area contributed by atoms with Crippen LogP contribution in [0.3, 0.4) is 0 Å². The minimum Gasteiger partial charge on any atom is -0.321 e. The van der Waals surface area contributed by atoms with Crippen molar-refractivity contribution in [3.8, 4) is 0 Å². The molecule has 0 spiro atoms. The number of amides is 1. The lowest BCUT2D eigenvalue weighted by Crippen LogP contribution is -2.16. The van der Waals surface area contributed by atoms with Gasteiger partial charge in [0.2, 0.25) is 0 Å². The number of rotatable bonds is 5. The maximum atomic E-state index is 12.9. The molecular weight excluding hydrogens is 457 g/mol. The summed E-state index contributed by atoms with van der Waals surface area (Å²) in [5.41, 5.74) is 0.0893. The number of carbonyl (C=O) groups excluding carboxylic acids is 1. The van der Waals surface area contributed by atoms with Crippen LogP contribution in [0, 0.1) is 0 Å². The molecule has 168 valence electrons. The van der Waals surface area contributed by atoms with Crippen molar-refractivity contribution in [2.75, 3.05) is 10.0 Å². The van der Waals surface area contributed by atoms with Crippen LogP contribution in [0.1, 0.15) is 16.1 Å². The molecule has 0 unspecified atom stereocenters. The van der Waals surface area contributed by atoms with E-state index in [2.05, 4.69) is 20.0 Å². The number of nitrogens with one attached hydrogen (secondary N) is 2. The molecule has 0 bridgehead atoms. The van der Waals surface area contributed by atoms with Crippen molar-refractivity contribution in [2.45, 2.75) is 11.1 Å². The zero-order chi connectivity index (χ0) is 23.6. The smallest absolute Gasteiger partial charge is 0.321 e. The molecule has 33 heavy (non-hydrogen) atoms. The van der Waals surface area contributed by atoms with Crippen LogP contribution in [0.25, 0.3) is 11.0 Å². The van der Waals surface area contributed by atoms with E-state index in [0.29, 0.717) is 17.1 Å². The van der Waals surface area contributed by atoms with Gasteiger partial charge in [-0.15, -0.1) is 0 Å². The van der Waals surface area contributed by atoms with Crippen molar-refractivity contribution >= 4 is 38.3 Å². The van der Waals surface area contributed by atoms with Gasteiger partial charge in [-0.25, -0.2) is 13.4 Å². The fourth-order valence-corrected chi connectivity index (χ4v) is 4.07. The van der Waals surface area contributed by atoms with E-state index in [1.807, 2.05) is 0 Å². The maximum Gasteiger partial charge on any atom is 0.416 e. The Bertz CT molecular complexity index is 1460. The second-order valence-electron chi connectivity index (χ2n) is 6.91. The highest BCUT2D eigenvalue weighted by Gasteiger charge is 2.30. The lowest BCUT2D eigenvalue weighted by atomic mass is 10.2. The molecule has 0 saturated carbocycles. The van der Waals surface area contributed by atoms with Gasteiger partial charge in [0.1, 0.15) is 5.69 Å². The van der Waals surface area contributed by atoms with E-state index < -0.39 is 27.7 Å². The van der Waals surface area contributed by atoms with Crippen LogP contribution in [0.15, 0.2) is 83.9 Å². The molecule has 0 fully saturated rings. The maximum absolute atomic E-state index is 12.9. The number of hydrogen-bond acceptors (Lipinski definition) is 5. The number of alkyl halides is 3. The summed E-state index contributed by atoms with van der Waals surface area (Å²) in [6, 6.07) is 16.1. The molecule has 1 amide bonds. The first-order valence-electron chi connectivity index (χ1n) is 9.45. The van der Waals surface area contributed by atoms with Crippen LogP contribution < -0.4 is 10.0 Å². The lowest BCUT2D eigenvalue weighted by Gasteiger charge is -2.12. The summed E-state index contributed by atoms with van der Waals surface area (Å²) in [6.07, 6.45) is -3.31. The Morgan fingerprint density at radius 2 is 1.55 bits per heavy atom.